The van der Waals surface area contributed by atoms with Crippen LogP contribution in [-0.2, 0) is 25.5 Å². The number of hydrogen-bond donors (Lipinski definition) is 2. The van der Waals surface area contributed by atoms with Crippen molar-refractivity contribution in [1.82, 2.24) is 5.43 Å². The van der Waals surface area contributed by atoms with Crippen molar-refractivity contribution >= 4 is 40.8 Å². The van der Waals surface area contributed by atoms with Gasteiger partial charge in [0.1, 0.15) is 0 Å². The number of carbonyl (C=O) groups is 5. The highest BCUT2D eigenvalue weighted by Crippen LogP contribution is 2.24. The summed E-state index contributed by atoms with van der Waals surface area (Å²) < 4.78 is 5.12. The highest BCUT2D eigenvalue weighted by molar-refractivity contribution is 6.02. The van der Waals surface area contributed by atoms with E-state index in [1.165, 1.54) is 24.3 Å². The first-order valence-electron chi connectivity index (χ1n) is 9.76. The molecule has 9 nitrogen and oxygen atoms in total. The van der Waals surface area contributed by atoms with Crippen molar-refractivity contribution < 1.29 is 28.7 Å². The number of aryl methyl sites for hydroxylation is 1. The number of rotatable bonds is 5. The lowest BCUT2D eigenvalue weighted by Gasteiger charge is -2.27. The van der Waals surface area contributed by atoms with Crippen LogP contribution in [0.15, 0.2) is 42.5 Å². The summed E-state index contributed by atoms with van der Waals surface area (Å²) in [5.41, 5.74) is 5.06. The van der Waals surface area contributed by atoms with Crippen molar-refractivity contribution in [3.8, 4) is 0 Å². The Morgan fingerprint density at radius 1 is 0.871 bits per heavy atom. The van der Waals surface area contributed by atoms with E-state index in [1.807, 2.05) is 0 Å². The largest absolute Gasteiger partial charge is 0.454 e. The van der Waals surface area contributed by atoms with Gasteiger partial charge in [0.25, 0.3) is 0 Å². The van der Waals surface area contributed by atoms with Gasteiger partial charge >= 0.3 is 5.97 Å². The quantitative estimate of drug-likeness (QED) is 0.561. The van der Waals surface area contributed by atoms with Gasteiger partial charge in [0.05, 0.1) is 11.3 Å². The molecule has 9 heteroatoms. The molecule has 0 spiro atoms. The van der Waals surface area contributed by atoms with Crippen molar-refractivity contribution in [3.63, 3.8) is 0 Å². The Kier molecular flexibility index (Phi) is 5.48. The molecule has 2 aromatic rings. The minimum atomic E-state index is -0.681. The number of nitrogens with one attached hydrogen (secondary N) is 2. The second kappa shape index (κ2) is 8.39. The third-order valence-corrected chi connectivity index (χ3v) is 5.07. The molecule has 2 N–H and O–H groups in total. The molecule has 158 valence electrons. The van der Waals surface area contributed by atoms with Crippen LogP contribution < -0.4 is 15.8 Å². The Hall–Kier alpha value is -4.01. The Labute approximate surface area is 177 Å². The maximum absolute atomic E-state index is 12.4. The number of ketones is 1. The summed E-state index contributed by atoms with van der Waals surface area (Å²) in [6.07, 6.45) is 1.18. The SMILES string of the molecule is O=C1CCc2cc(C(=O)COC(=O)c3ccc(N4NC(=O)CCC4=O)cc3)ccc2N1. The molecule has 31 heavy (non-hydrogen) atoms. The molecule has 0 atom stereocenters. The fourth-order valence-corrected chi connectivity index (χ4v) is 3.38. The maximum atomic E-state index is 12.4. The van der Waals surface area contributed by atoms with E-state index >= 15 is 0 Å². The Morgan fingerprint density at radius 2 is 1.58 bits per heavy atom. The number of nitrogens with zero attached hydrogens (tertiary/aromatic N) is 1. The molecule has 1 fully saturated rings. The Balaban J connectivity index is 1.36. The van der Waals surface area contributed by atoms with Gasteiger partial charge in [-0.3, -0.25) is 24.6 Å². The molecule has 1 saturated heterocycles. The van der Waals surface area contributed by atoms with Crippen LogP contribution in [0.3, 0.4) is 0 Å². The first-order chi connectivity index (χ1) is 14.9. The van der Waals surface area contributed by atoms with Gasteiger partial charge in [-0.05, 0) is 54.4 Å². The number of esters is 1. The van der Waals surface area contributed by atoms with E-state index in [-0.39, 0.29) is 41.9 Å². The van der Waals surface area contributed by atoms with Gasteiger partial charge in [-0.2, -0.15) is 0 Å². The average molecular weight is 421 g/mol. The molecule has 0 bridgehead atoms. The summed E-state index contributed by atoms with van der Waals surface area (Å²) in [5, 5.41) is 3.89. The Morgan fingerprint density at radius 3 is 2.35 bits per heavy atom. The lowest BCUT2D eigenvalue weighted by molar-refractivity contribution is -0.130. The summed E-state index contributed by atoms with van der Waals surface area (Å²) in [6, 6.07) is 10.9. The first-order valence-corrected chi connectivity index (χ1v) is 9.76. The summed E-state index contributed by atoms with van der Waals surface area (Å²) in [6.45, 7) is -0.424. The van der Waals surface area contributed by atoms with Gasteiger partial charge in [0.15, 0.2) is 12.4 Å². The van der Waals surface area contributed by atoms with E-state index in [0.717, 1.165) is 10.6 Å². The lowest BCUT2D eigenvalue weighted by Crippen LogP contribution is -2.50. The molecule has 2 aromatic carbocycles. The van der Waals surface area contributed by atoms with Crippen molar-refractivity contribution in [2.45, 2.75) is 25.7 Å². The predicted molar refractivity (Wildman–Crippen MR) is 109 cm³/mol. The minimum Gasteiger partial charge on any atom is -0.454 e. The van der Waals surface area contributed by atoms with E-state index < -0.39 is 12.6 Å². The number of hydrazine groups is 1. The number of fused-ring (bicyclic) bond motifs is 1. The van der Waals surface area contributed by atoms with Crippen molar-refractivity contribution in [2.75, 3.05) is 16.9 Å². The maximum Gasteiger partial charge on any atom is 0.338 e. The second-order valence-electron chi connectivity index (χ2n) is 7.23. The topological polar surface area (TPSA) is 122 Å². The predicted octanol–water partition coefficient (Wildman–Crippen LogP) is 1.77. The van der Waals surface area contributed by atoms with Gasteiger partial charge in [-0.25, -0.2) is 9.80 Å². The van der Waals surface area contributed by atoms with Crippen molar-refractivity contribution in [3.05, 3.63) is 59.2 Å². The number of hydrogen-bond acceptors (Lipinski definition) is 6. The molecule has 3 amide bonds. The third-order valence-electron chi connectivity index (χ3n) is 5.07. The molecule has 0 unspecified atom stereocenters. The zero-order valence-electron chi connectivity index (χ0n) is 16.5. The zero-order valence-corrected chi connectivity index (χ0v) is 16.5. The molecular formula is C22H19N3O6. The van der Waals surface area contributed by atoms with Crippen molar-refractivity contribution in [2.24, 2.45) is 0 Å². The molecule has 0 aliphatic carbocycles. The molecule has 4 rings (SSSR count). The van der Waals surface area contributed by atoms with Gasteiger partial charge < -0.3 is 10.1 Å². The zero-order chi connectivity index (χ0) is 22.0. The van der Waals surface area contributed by atoms with E-state index in [2.05, 4.69) is 10.7 Å². The fraction of sp³-hybridized carbons (Fsp3) is 0.227. The normalized spacial score (nSPS) is 15.6. The monoisotopic (exact) mass is 421 g/mol. The molecule has 0 radical (unpaired) electrons. The molecule has 0 aromatic heterocycles. The molecule has 2 aliphatic heterocycles. The molecular weight excluding hydrogens is 402 g/mol. The number of Topliss-reactive ketones (excluding diaryl/α,β-unsaturated/α-hetero) is 1. The summed E-state index contributed by atoms with van der Waals surface area (Å²) in [4.78, 5) is 59.6. The van der Waals surface area contributed by atoms with E-state index in [1.54, 1.807) is 18.2 Å². The van der Waals surface area contributed by atoms with Crippen LogP contribution in [0.25, 0.3) is 0 Å². The number of amides is 3. The van der Waals surface area contributed by atoms with Crippen LogP contribution in [0.2, 0.25) is 0 Å². The minimum absolute atomic E-state index is 0.0569. The Bertz CT molecular complexity index is 1090. The molecule has 2 aliphatic rings. The highest BCUT2D eigenvalue weighted by Gasteiger charge is 2.24. The van der Waals surface area contributed by atoms with Crippen LogP contribution in [0.4, 0.5) is 11.4 Å². The number of anilines is 2. The van der Waals surface area contributed by atoms with Crippen LogP contribution in [-0.4, -0.2) is 36.1 Å². The van der Waals surface area contributed by atoms with Crippen molar-refractivity contribution in [1.29, 1.82) is 0 Å². The second-order valence-corrected chi connectivity index (χ2v) is 7.23. The van der Waals surface area contributed by atoms with Gasteiger partial charge in [-0.1, -0.05) is 0 Å². The first kappa shape index (κ1) is 20.3. The van der Waals surface area contributed by atoms with E-state index in [0.29, 0.717) is 29.8 Å². The number of benzene rings is 2. The summed E-state index contributed by atoms with van der Waals surface area (Å²) in [7, 11) is 0. The highest BCUT2D eigenvalue weighted by atomic mass is 16.5. The number of carbonyl (C=O) groups excluding carboxylic acids is 5. The molecule has 0 saturated carbocycles. The molecule has 2 heterocycles. The van der Waals surface area contributed by atoms with Crippen LogP contribution in [0.1, 0.15) is 45.5 Å². The smallest absolute Gasteiger partial charge is 0.338 e. The van der Waals surface area contributed by atoms with Gasteiger partial charge in [0.2, 0.25) is 17.7 Å². The lowest BCUT2D eigenvalue weighted by atomic mass is 9.99. The van der Waals surface area contributed by atoms with Gasteiger partial charge in [-0.15, -0.1) is 0 Å². The van der Waals surface area contributed by atoms with E-state index in [4.69, 9.17) is 4.74 Å². The van der Waals surface area contributed by atoms with Crippen LogP contribution >= 0.6 is 0 Å². The van der Waals surface area contributed by atoms with E-state index in [9.17, 15) is 24.0 Å². The van der Waals surface area contributed by atoms with Crippen LogP contribution in [0, 0.1) is 0 Å². The number of ether oxygens (including phenoxy) is 1. The summed E-state index contributed by atoms with van der Waals surface area (Å²) in [5.74, 6) is -1.60. The fourth-order valence-electron chi connectivity index (χ4n) is 3.38. The third kappa shape index (κ3) is 4.45. The average Bonchev–Trinajstić information content (AvgIpc) is 2.78. The van der Waals surface area contributed by atoms with Crippen LogP contribution in [0.5, 0.6) is 0 Å². The summed E-state index contributed by atoms with van der Waals surface area (Å²) >= 11 is 0. The van der Waals surface area contributed by atoms with Gasteiger partial charge in [0, 0.05) is 30.5 Å². The standard InChI is InChI=1S/C22H19N3O6/c26-18(15-3-7-17-14(11-15)4-8-19(27)23-17)12-31-22(30)13-1-5-16(6-2-13)25-21(29)10-9-20(28)24-25/h1-3,5-7,11H,4,8-10,12H2,(H,23,27)(H,24,28).